The van der Waals surface area contributed by atoms with Crippen LogP contribution in [-0.4, -0.2) is 5.24 Å². The van der Waals surface area contributed by atoms with Gasteiger partial charge in [0.1, 0.15) is 4.87 Å². The van der Waals surface area contributed by atoms with Crippen molar-refractivity contribution < 1.29 is 4.79 Å². The van der Waals surface area contributed by atoms with Crippen molar-refractivity contribution in [2.24, 2.45) is 5.92 Å². The molecule has 0 spiro atoms. The summed E-state index contributed by atoms with van der Waals surface area (Å²) in [6.45, 7) is 0. The molecular weight excluding hydrogens is 255 g/mol. The zero-order valence-corrected chi connectivity index (χ0v) is 11.2. The SMILES string of the molecule is O=C(Cl)[C@@](Cl)(c1ccccc1)C1CCCCC1. The van der Waals surface area contributed by atoms with E-state index in [4.69, 9.17) is 23.2 Å². The van der Waals surface area contributed by atoms with Gasteiger partial charge in [-0.3, -0.25) is 4.79 Å². The summed E-state index contributed by atoms with van der Waals surface area (Å²) < 4.78 is 0. The average molecular weight is 271 g/mol. The molecule has 0 N–H and O–H groups in total. The van der Waals surface area contributed by atoms with Gasteiger partial charge in [-0.1, -0.05) is 49.6 Å². The van der Waals surface area contributed by atoms with Crippen molar-refractivity contribution in [1.82, 2.24) is 0 Å². The Morgan fingerprint density at radius 2 is 1.71 bits per heavy atom. The van der Waals surface area contributed by atoms with Crippen LogP contribution in [0.4, 0.5) is 0 Å². The Labute approximate surface area is 112 Å². The number of rotatable bonds is 3. The maximum atomic E-state index is 11.8. The van der Waals surface area contributed by atoms with E-state index in [0.717, 1.165) is 31.2 Å². The quantitative estimate of drug-likeness (QED) is 0.585. The van der Waals surface area contributed by atoms with Crippen molar-refractivity contribution in [3.05, 3.63) is 35.9 Å². The molecule has 1 aromatic rings. The average Bonchev–Trinajstić information content (AvgIpc) is 2.39. The lowest BCUT2D eigenvalue weighted by Gasteiger charge is -2.35. The number of carbonyl (C=O) groups is 1. The summed E-state index contributed by atoms with van der Waals surface area (Å²) >= 11 is 12.4. The Bertz CT molecular complexity index is 384. The molecule has 0 aromatic heterocycles. The molecule has 3 heteroatoms. The number of alkyl halides is 1. The topological polar surface area (TPSA) is 17.1 Å². The number of benzene rings is 1. The Kier molecular flexibility index (Phi) is 4.11. The minimum Gasteiger partial charge on any atom is -0.279 e. The van der Waals surface area contributed by atoms with E-state index < -0.39 is 10.1 Å². The molecule has 0 aliphatic heterocycles. The van der Waals surface area contributed by atoms with Crippen molar-refractivity contribution in [3.8, 4) is 0 Å². The Morgan fingerprint density at radius 3 is 2.24 bits per heavy atom. The van der Waals surface area contributed by atoms with Gasteiger partial charge in [0.15, 0.2) is 0 Å². The smallest absolute Gasteiger partial charge is 0.247 e. The summed E-state index contributed by atoms with van der Waals surface area (Å²) in [5.74, 6) is 0.158. The van der Waals surface area contributed by atoms with Gasteiger partial charge >= 0.3 is 0 Å². The first kappa shape index (κ1) is 12.9. The molecule has 17 heavy (non-hydrogen) atoms. The Morgan fingerprint density at radius 1 is 1.12 bits per heavy atom. The molecule has 0 bridgehead atoms. The minimum atomic E-state index is -1.04. The lowest BCUT2D eigenvalue weighted by molar-refractivity contribution is -0.115. The molecule has 0 radical (unpaired) electrons. The summed E-state index contributed by atoms with van der Waals surface area (Å²) in [5, 5.41) is -0.447. The van der Waals surface area contributed by atoms with Crippen LogP contribution in [0.3, 0.4) is 0 Å². The first-order valence-electron chi connectivity index (χ1n) is 6.10. The fraction of sp³-hybridized carbons (Fsp3) is 0.500. The third kappa shape index (κ3) is 2.51. The van der Waals surface area contributed by atoms with Crippen LogP contribution >= 0.6 is 23.2 Å². The molecule has 0 saturated heterocycles. The van der Waals surface area contributed by atoms with Crippen LogP contribution in [0.1, 0.15) is 37.7 Å². The van der Waals surface area contributed by atoms with Gasteiger partial charge in [0, 0.05) is 0 Å². The monoisotopic (exact) mass is 270 g/mol. The number of carbonyl (C=O) groups excluding carboxylic acids is 1. The van der Waals surface area contributed by atoms with Gasteiger partial charge in [-0.05, 0) is 35.9 Å². The predicted molar refractivity (Wildman–Crippen MR) is 71.4 cm³/mol. The maximum Gasteiger partial charge on any atom is 0.247 e. The molecule has 2 rings (SSSR count). The van der Waals surface area contributed by atoms with Crippen molar-refractivity contribution >= 4 is 28.4 Å². The fourth-order valence-electron chi connectivity index (χ4n) is 2.69. The van der Waals surface area contributed by atoms with Gasteiger partial charge in [0.2, 0.25) is 5.24 Å². The van der Waals surface area contributed by atoms with Gasteiger partial charge in [-0.15, -0.1) is 11.6 Å². The fourth-order valence-corrected chi connectivity index (χ4v) is 3.30. The van der Waals surface area contributed by atoms with Gasteiger partial charge < -0.3 is 0 Å². The minimum absolute atomic E-state index is 0.158. The molecule has 1 aliphatic rings. The first-order valence-corrected chi connectivity index (χ1v) is 6.85. The molecule has 0 heterocycles. The largest absolute Gasteiger partial charge is 0.279 e. The Hall–Kier alpha value is -0.530. The van der Waals surface area contributed by atoms with Crippen molar-refractivity contribution in [3.63, 3.8) is 0 Å². The van der Waals surface area contributed by atoms with Crippen LogP contribution in [0, 0.1) is 5.92 Å². The predicted octanol–water partition coefficient (Wildman–Crippen LogP) is 4.47. The van der Waals surface area contributed by atoms with Crippen molar-refractivity contribution in [1.29, 1.82) is 0 Å². The third-order valence-corrected chi connectivity index (χ3v) is 4.74. The number of halogens is 2. The Balaban J connectivity index is 2.35. The summed E-state index contributed by atoms with van der Waals surface area (Å²) in [6, 6.07) is 9.49. The van der Waals surface area contributed by atoms with Crippen LogP contribution in [0.5, 0.6) is 0 Å². The summed E-state index contributed by atoms with van der Waals surface area (Å²) in [7, 11) is 0. The highest BCUT2D eigenvalue weighted by molar-refractivity contribution is 6.70. The highest BCUT2D eigenvalue weighted by Gasteiger charge is 2.44. The standard InChI is InChI=1S/C14H16Cl2O/c15-13(17)14(16,11-7-3-1-4-8-11)12-9-5-2-6-10-12/h1,3-4,7-8,12H,2,5-6,9-10H2/t14-/m1/s1. The lowest BCUT2D eigenvalue weighted by atomic mass is 9.76. The molecule has 1 fully saturated rings. The highest BCUT2D eigenvalue weighted by atomic mass is 35.5. The molecule has 0 amide bonds. The van der Waals surface area contributed by atoms with Gasteiger partial charge in [0.25, 0.3) is 0 Å². The van der Waals surface area contributed by atoms with Crippen LogP contribution in [-0.2, 0) is 9.67 Å². The zero-order chi connectivity index (χ0) is 12.3. The van der Waals surface area contributed by atoms with Crippen LogP contribution in [0.2, 0.25) is 0 Å². The van der Waals surface area contributed by atoms with Crippen LogP contribution < -0.4 is 0 Å². The molecule has 0 unspecified atom stereocenters. The number of hydrogen-bond acceptors (Lipinski definition) is 1. The van der Waals surface area contributed by atoms with E-state index in [-0.39, 0.29) is 5.92 Å². The van der Waals surface area contributed by atoms with Crippen molar-refractivity contribution in [2.75, 3.05) is 0 Å². The van der Waals surface area contributed by atoms with E-state index in [1.165, 1.54) is 6.42 Å². The molecule has 1 atom stereocenters. The van der Waals surface area contributed by atoms with Crippen molar-refractivity contribution in [2.45, 2.75) is 37.0 Å². The molecule has 1 aromatic carbocycles. The van der Waals surface area contributed by atoms with E-state index in [0.29, 0.717) is 0 Å². The molecular formula is C14H16Cl2O. The van der Waals surface area contributed by atoms with E-state index in [9.17, 15) is 4.79 Å². The van der Waals surface area contributed by atoms with Gasteiger partial charge in [-0.25, -0.2) is 0 Å². The maximum absolute atomic E-state index is 11.8. The molecule has 1 nitrogen and oxygen atoms in total. The molecule has 1 saturated carbocycles. The summed E-state index contributed by atoms with van der Waals surface area (Å²) in [6.07, 6.45) is 5.47. The van der Waals surface area contributed by atoms with E-state index in [2.05, 4.69) is 0 Å². The van der Waals surface area contributed by atoms with E-state index >= 15 is 0 Å². The van der Waals surface area contributed by atoms with E-state index in [1.807, 2.05) is 30.3 Å². The summed E-state index contributed by atoms with van der Waals surface area (Å²) in [5.41, 5.74) is 0.827. The first-order chi connectivity index (χ1) is 8.15. The molecule has 1 aliphatic carbocycles. The summed E-state index contributed by atoms with van der Waals surface area (Å²) in [4.78, 5) is 10.8. The van der Waals surface area contributed by atoms with Crippen LogP contribution in [0.15, 0.2) is 30.3 Å². The lowest BCUT2D eigenvalue weighted by Crippen LogP contribution is -2.36. The molecule has 92 valence electrons. The van der Waals surface area contributed by atoms with Gasteiger partial charge in [-0.2, -0.15) is 0 Å². The second-order valence-electron chi connectivity index (χ2n) is 4.69. The van der Waals surface area contributed by atoms with Gasteiger partial charge in [0.05, 0.1) is 0 Å². The third-order valence-electron chi connectivity index (χ3n) is 3.65. The highest BCUT2D eigenvalue weighted by Crippen LogP contribution is 2.45. The second kappa shape index (κ2) is 5.41. The normalized spacial score (nSPS) is 20.8. The zero-order valence-electron chi connectivity index (χ0n) is 9.66. The second-order valence-corrected chi connectivity index (χ2v) is 5.63. The van der Waals surface area contributed by atoms with Crippen LogP contribution in [0.25, 0.3) is 0 Å². The van der Waals surface area contributed by atoms with E-state index in [1.54, 1.807) is 0 Å². The number of hydrogen-bond donors (Lipinski definition) is 0.